The van der Waals surface area contributed by atoms with Gasteiger partial charge in [-0.25, -0.2) is 12.8 Å². The second-order valence-corrected chi connectivity index (χ2v) is 5.78. The molecule has 1 aromatic carbocycles. The predicted octanol–water partition coefficient (Wildman–Crippen LogP) is 1.59. The maximum Gasteiger partial charge on any atom is 0.180 e. The van der Waals surface area contributed by atoms with Crippen molar-refractivity contribution in [3.8, 4) is 0 Å². The third kappa shape index (κ3) is 1.87. The van der Waals surface area contributed by atoms with Crippen molar-refractivity contribution in [3.05, 3.63) is 24.0 Å². The summed E-state index contributed by atoms with van der Waals surface area (Å²) in [5.41, 5.74) is 5.19. The van der Waals surface area contributed by atoms with Gasteiger partial charge in [0.15, 0.2) is 9.84 Å². The van der Waals surface area contributed by atoms with Crippen LogP contribution in [0.5, 0.6) is 0 Å². The molecule has 3 nitrogen and oxygen atoms in total. The largest absolute Gasteiger partial charge is 0.396 e. The highest BCUT2D eigenvalue weighted by molar-refractivity contribution is 7.92. The van der Waals surface area contributed by atoms with Crippen LogP contribution in [-0.2, 0) is 9.84 Å². The summed E-state index contributed by atoms with van der Waals surface area (Å²) in [5, 5.41) is -0.564. The summed E-state index contributed by atoms with van der Waals surface area (Å²) in [4.78, 5) is -0.0285. The number of rotatable bonds is 2. The molecule has 0 saturated carbocycles. The molecule has 0 spiro atoms. The third-order valence-corrected chi connectivity index (χ3v) is 4.07. The van der Waals surface area contributed by atoms with Gasteiger partial charge in [-0.3, -0.25) is 0 Å². The van der Waals surface area contributed by atoms with Crippen molar-refractivity contribution in [2.75, 3.05) is 5.73 Å². The van der Waals surface area contributed by atoms with Gasteiger partial charge in [-0.2, -0.15) is 0 Å². The zero-order valence-corrected chi connectivity index (χ0v) is 8.81. The summed E-state index contributed by atoms with van der Waals surface area (Å²) >= 11 is 0. The first-order valence-electron chi connectivity index (χ1n) is 4.14. The zero-order chi connectivity index (χ0) is 10.9. The van der Waals surface area contributed by atoms with E-state index in [0.29, 0.717) is 0 Å². The molecule has 0 saturated heterocycles. The van der Waals surface area contributed by atoms with Crippen LogP contribution >= 0.6 is 0 Å². The number of hydrogen-bond acceptors (Lipinski definition) is 3. The first-order chi connectivity index (χ1) is 6.35. The maximum absolute atomic E-state index is 13.0. The minimum atomic E-state index is -3.41. The van der Waals surface area contributed by atoms with Crippen molar-refractivity contribution in [1.29, 1.82) is 0 Å². The molecule has 2 N–H and O–H groups in total. The summed E-state index contributed by atoms with van der Waals surface area (Å²) in [5.74, 6) is -0.702. The summed E-state index contributed by atoms with van der Waals surface area (Å²) < 4.78 is 36.2. The fraction of sp³-hybridized carbons (Fsp3) is 0.333. The fourth-order valence-corrected chi connectivity index (χ4v) is 2.03. The number of halogens is 1. The van der Waals surface area contributed by atoms with Crippen LogP contribution < -0.4 is 5.73 Å². The van der Waals surface area contributed by atoms with Gasteiger partial charge >= 0.3 is 0 Å². The van der Waals surface area contributed by atoms with E-state index in [0.717, 1.165) is 6.07 Å². The zero-order valence-electron chi connectivity index (χ0n) is 7.99. The Morgan fingerprint density at radius 2 is 1.93 bits per heavy atom. The topological polar surface area (TPSA) is 60.2 Å². The molecule has 0 atom stereocenters. The minimum Gasteiger partial charge on any atom is -0.396 e. The van der Waals surface area contributed by atoms with Crippen LogP contribution in [0.1, 0.15) is 13.8 Å². The van der Waals surface area contributed by atoms with Crippen LogP contribution in [0.2, 0.25) is 0 Å². The Morgan fingerprint density at radius 3 is 2.36 bits per heavy atom. The van der Waals surface area contributed by atoms with Crippen molar-refractivity contribution in [2.45, 2.75) is 24.0 Å². The molecule has 0 unspecified atom stereocenters. The minimum absolute atomic E-state index is 0.0285. The van der Waals surface area contributed by atoms with E-state index in [1.165, 1.54) is 12.1 Å². The summed E-state index contributed by atoms with van der Waals surface area (Å²) in [7, 11) is -3.41. The first-order valence-corrected chi connectivity index (χ1v) is 5.69. The van der Waals surface area contributed by atoms with Gasteiger partial charge in [0, 0.05) is 0 Å². The van der Waals surface area contributed by atoms with Gasteiger partial charge in [-0.15, -0.1) is 0 Å². The molecule has 1 rings (SSSR count). The Hall–Kier alpha value is -1.10. The molecule has 0 heterocycles. The molecule has 14 heavy (non-hydrogen) atoms. The molecule has 5 heteroatoms. The van der Waals surface area contributed by atoms with Crippen LogP contribution in [0.25, 0.3) is 0 Å². The second kappa shape index (κ2) is 3.57. The molecular weight excluding hydrogens is 205 g/mol. The highest BCUT2D eigenvalue weighted by atomic mass is 32.2. The van der Waals surface area contributed by atoms with E-state index in [9.17, 15) is 12.8 Å². The number of sulfone groups is 1. The Balaban J connectivity index is 3.29. The Bertz CT molecular complexity index is 440. The molecule has 0 aromatic heterocycles. The van der Waals surface area contributed by atoms with Crippen LogP contribution in [0.4, 0.5) is 10.1 Å². The van der Waals surface area contributed by atoms with Crippen molar-refractivity contribution in [3.63, 3.8) is 0 Å². The molecule has 0 bridgehead atoms. The lowest BCUT2D eigenvalue weighted by Gasteiger charge is -2.08. The standard InChI is InChI=1S/C9H12FNO2S/c1-6(2)14(12,13)7-3-4-9(11)8(10)5-7/h3-6H,11H2,1-2H3. The van der Waals surface area contributed by atoms with E-state index >= 15 is 0 Å². The molecule has 78 valence electrons. The van der Waals surface area contributed by atoms with Crippen LogP contribution in [-0.4, -0.2) is 13.7 Å². The number of nitrogen functional groups attached to an aromatic ring is 1. The Kier molecular flexibility index (Phi) is 2.80. The van der Waals surface area contributed by atoms with Crippen LogP contribution in [0.15, 0.2) is 23.1 Å². The molecule has 0 aliphatic carbocycles. The van der Waals surface area contributed by atoms with Gasteiger partial charge in [0.25, 0.3) is 0 Å². The quantitative estimate of drug-likeness (QED) is 0.765. The summed E-state index contributed by atoms with van der Waals surface area (Å²) in [6, 6.07) is 3.52. The number of benzene rings is 1. The predicted molar refractivity (Wildman–Crippen MR) is 53.1 cm³/mol. The molecule has 1 aromatic rings. The highest BCUT2D eigenvalue weighted by Gasteiger charge is 2.19. The lowest BCUT2D eigenvalue weighted by Crippen LogP contribution is -2.14. The molecule has 0 radical (unpaired) electrons. The van der Waals surface area contributed by atoms with E-state index in [4.69, 9.17) is 5.73 Å². The fourth-order valence-electron chi connectivity index (χ4n) is 0.957. The second-order valence-electron chi connectivity index (χ2n) is 3.28. The lowest BCUT2D eigenvalue weighted by molar-refractivity contribution is 0.583. The third-order valence-electron chi connectivity index (χ3n) is 1.92. The van der Waals surface area contributed by atoms with E-state index < -0.39 is 20.9 Å². The Labute approximate surface area is 82.7 Å². The number of hydrogen-bond donors (Lipinski definition) is 1. The van der Waals surface area contributed by atoms with Gasteiger partial charge < -0.3 is 5.73 Å². The maximum atomic E-state index is 13.0. The average Bonchev–Trinajstić information content (AvgIpc) is 2.09. The van der Waals surface area contributed by atoms with Gasteiger partial charge in [-0.05, 0) is 32.0 Å². The molecule has 0 amide bonds. The van der Waals surface area contributed by atoms with E-state index in [2.05, 4.69) is 0 Å². The van der Waals surface area contributed by atoms with E-state index in [-0.39, 0.29) is 10.6 Å². The summed E-state index contributed by atoms with van der Waals surface area (Å²) in [6.45, 7) is 3.09. The van der Waals surface area contributed by atoms with E-state index in [1.807, 2.05) is 0 Å². The van der Waals surface area contributed by atoms with Crippen molar-refractivity contribution < 1.29 is 12.8 Å². The molecule has 0 aliphatic heterocycles. The normalized spacial score (nSPS) is 12.0. The monoisotopic (exact) mass is 217 g/mol. The smallest absolute Gasteiger partial charge is 0.180 e. The average molecular weight is 217 g/mol. The SMILES string of the molecule is CC(C)S(=O)(=O)c1ccc(N)c(F)c1. The number of anilines is 1. The molecular formula is C9H12FNO2S. The van der Waals surface area contributed by atoms with Crippen molar-refractivity contribution in [2.24, 2.45) is 0 Å². The van der Waals surface area contributed by atoms with Crippen LogP contribution in [0, 0.1) is 5.82 Å². The van der Waals surface area contributed by atoms with Crippen LogP contribution in [0.3, 0.4) is 0 Å². The first kappa shape index (κ1) is 11.0. The Morgan fingerprint density at radius 1 is 1.36 bits per heavy atom. The lowest BCUT2D eigenvalue weighted by atomic mass is 10.3. The molecule has 0 fully saturated rings. The van der Waals surface area contributed by atoms with Gasteiger partial charge in [0.1, 0.15) is 5.82 Å². The van der Waals surface area contributed by atoms with Gasteiger partial charge in [-0.1, -0.05) is 0 Å². The van der Waals surface area contributed by atoms with Crippen molar-refractivity contribution >= 4 is 15.5 Å². The summed E-state index contributed by atoms with van der Waals surface area (Å²) in [6.07, 6.45) is 0. The number of nitrogens with two attached hydrogens (primary N) is 1. The van der Waals surface area contributed by atoms with Gasteiger partial charge in [0.05, 0.1) is 15.8 Å². The van der Waals surface area contributed by atoms with E-state index in [1.54, 1.807) is 13.8 Å². The molecule has 0 aliphatic rings. The highest BCUT2D eigenvalue weighted by Crippen LogP contribution is 2.19. The van der Waals surface area contributed by atoms with Crippen molar-refractivity contribution in [1.82, 2.24) is 0 Å². The van der Waals surface area contributed by atoms with Gasteiger partial charge in [0.2, 0.25) is 0 Å².